The van der Waals surface area contributed by atoms with Gasteiger partial charge in [-0.1, -0.05) is 121 Å². The van der Waals surface area contributed by atoms with Crippen molar-refractivity contribution >= 4 is 23.6 Å². The maximum atomic E-state index is 11.3. The van der Waals surface area contributed by atoms with Crippen LogP contribution in [0, 0.1) is 0 Å². The summed E-state index contributed by atoms with van der Waals surface area (Å²) in [6, 6.07) is 43.4. The van der Waals surface area contributed by atoms with E-state index in [2.05, 4.69) is 103 Å². The van der Waals surface area contributed by atoms with Gasteiger partial charge in [-0.05, 0) is 33.6 Å². The normalized spacial score (nSPS) is 12.4. The Morgan fingerprint density at radius 1 is 0.517 bits per heavy atom. The van der Waals surface area contributed by atoms with E-state index in [0.29, 0.717) is 6.42 Å². The van der Waals surface area contributed by atoms with Gasteiger partial charge in [0.25, 0.3) is 0 Å². The fraction of sp³-hybridized carbons (Fsp3) is 0.111. The van der Waals surface area contributed by atoms with Crippen molar-refractivity contribution in [1.29, 1.82) is 0 Å². The molecular formula is C27H26OSi. The minimum absolute atomic E-state index is 0.412. The van der Waals surface area contributed by atoms with Gasteiger partial charge in [0.15, 0.2) is 8.07 Å². The molecule has 0 unspecified atom stereocenters. The van der Waals surface area contributed by atoms with Gasteiger partial charge in [0, 0.05) is 0 Å². The summed E-state index contributed by atoms with van der Waals surface area (Å²) in [6.45, 7) is 0. The zero-order chi connectivity index (χ0) is 19.9. The van der Waals surface area contributed by atoms with E-state index >= 15 is 0 Å². The van der Waals surface area contributed by atoms with E-state index < -0.39 is 14.2 Å². The predicted molar refractivity (Wildman–Crippen MR) is 125 cm³/mol. The van der Waals surface area contributed by atoms with Crippen molar-refractivity contribution in [1.82, 2.24) is 0 Å². The van der Waals surface area contributed by atoms with Gasteiger partial charge in [-0.3, -0.25) is 0 Å². The van der Waals surface area contributed by atoms with Gasteiger partial charge < -0.3 is 5.11 Å². The maximum absolute atomic E-state index is 11.3. The molecule has 0 amide bonds. The fourth-order valence-corrected chi connectivity index (χ4v) is 9.18. The third kappa shape index (κ3) is 4.24. The predicted octanol–water partition coefficient (Wildman–Crippen LogP) is 3.76. The van der Waals surface area contributed by atoms with Crippen molar-refractivity contribution in [3.63, 3.8) is 0 Å². The molecule has 29 heavy (non-hydrogen) atoms. The Bertz CT molecular complexity index is 905. The van der Waals surface area contributed by atoms with Gasteiger partial charge in [-0.25, -0.2) is 0 Å². The number of hydrogen-bond acceptors (Lipinski definition) is 1. The van der Waals surface area contributed by atoms with E-state index in [4.69, 9.17) is 0 Å². The molecule has 4 rings (SSSR count). The van der Waals surface area contributed by atoms with Crippen LogP contribution in [0.2, 0.25) is 6.04 Å². The molecule has 1 atom stereocenters. The second-order valence-electron chi connectivity index (χ2n) is 7.55. The van der Waals surface area contributed by atoms with Crippen LogP contribution in [-0.2, 0) is 6.42 Å². The van der Waals surface area contributed by atoms with Crippen molar-refractivity contribution in [2.45, 2.75) is 18.6 Å². The molecule has 0 aliphatic rings. The van der Waals surface area contributed by atoms with Gasteiger partial charge in [0.2, 0.25) is 0 Å². The number of benzene rings is 4. The second kappa shape index (κ2) is 9.04. The van der Waals surface area contributed by atoms with Crippen molar-refractivity contribution < 1.29 is 5.11 Å². The second-order valence-corrected chi connectivity index (χ2v) is 11.5. The molecule has 0 bridgehead atoms. The average Bonchev–Trinajstić information content (AvgIpc) is 2.80. The summed E-state index contributed by atoms with van der Waals surface area (Å²) in [4.78, 5) is 0. The molecule has 0 aliphatic carbocycles. The zero-order valence-corrected chi connectivity index (χ0v) is 17.5. The summed E-state index contributed by atoms with van der Waals surface area (Å²) >= 11 is 0. The molecule has 4 aromatic carbocycles. The number of rotatable bonds is 7. The summed E-state index contributed by atoms with van der Waals surface area (Å²) in [5.74, 6) is 0. The molecular weight excluding hydrogens is 368 g/mol. The van der Waals surface area contributed by atoms with Crippen LogP contribution in [-0.4, -0.2) is 19.3 Å². The molecule has 0 spiro atoms. The number of aliphatic hydroxyl groups is 1. The average molecular weight is 395 g/mol. The Morgan fingerprint density at radius 3 is 1.24 bits per heavy atom. The largest absolute Gasteiger partial charge is 0.393 e. The van der Waals surface area contributed by atoms with Gasteiger partial charge in [0.05, 0.1) is 6.10 Å². The SMILES string of the molecule is O[C@@H](Cc1ccccc1)C[Si](c1ccccc1)(c1ccccc1)c1ccccc1. The summed E-state index contributed by atoms with van der Waals surface area (Å²) in [6.07, 6.45) is 0.256. The highest BCUT2D eigenvalue weighted by atomic mass is 28.3. The summed E-state index contributed by atoms with van der Waals surface area (Å²) < 4.78 is 0. The minimum Gasteiger partial charge on any atom is -0.393 e. The van der Waals surface area contributed by atoms with Crippen LogP contribution in [0.3, 0.4) is 0 Å². The van der Waals surface area contributed by atoms with Crippen molar-refractivity contribution in [3.05, 3.63) is 127 Å². The molecule has 0 aromatic heterocycles. The summed E-state index contributed by atoms with van der Waals surface area (Å²) in [5, 5.41) is 15.3. The third-order valence-corrected chi connectivity index (χ3v) is 10.7. The highest BCUT2D eigenvalue weighted by molar-refractivity contribution is 7.11. The molecule has 0 heterocycles. The number of hydrogen-bond donors (Lipinski definition) is 1. The lowest BCUT2D eigenvalue weighted by Gasteiger charge is -2.35. The Hall–Kier alpha value is -2.94. The Morgan fingerprint density at radius 2 is 0.862 bits per heavy atom. The third-order valence-electron chi connectivity index (χ3n) is 5.66. The van der Waals surface area contributed by atoms with Crippen molar-refractivity contribution in [2.24, 2.45) is 0 Å². The first-order chi connectivity index (χ1) is 14.3. The summed E-state index contributed by atoms with van der Waals surface area (Å²) in [7, 11) is -2.39. The van der Waals surface area contributed by atoms with Crippen LogP contribution in [0.4, 0.5) is 0 Å². The zero-order valence-electron chi connectivity index (χ0n) is 16.5. The monoisotopic (exact) mass is 394 g/mol. The van der Waals surface area contributed by atoms with Gasteiger partial charge in [0.1, 0.15) is 0 Å². The lowest BCUT2D eigenvalue weighted by Crippen LogP contribution is -2.68. The van der Waals surface area contributed by atoms with Crippen LogP contribution in [0.25, 0.3) is 0 Å². The van der Waals surface area contributed by atoms with Crippen LogP contribution in [0.15, 0.2) is 121 Å². The van der Waals surface area contributed by atoms with E-state index in [1.807, 2.05) is 18.2 Å². The highest BCUT2D eigenvalue weighted by Gasteiger charge is 2.40. The molecule has 4 aromatic rings. The standard InChI is InChI=1S/C27H26OSi/c28-24(21-23-13-5-1-6-14-23)22-29(25-15-7-2-8-16-25,26-17-9-3-10-18-26)27-19-11-4-12-20-27/h1-20,24,28H,21-22H2/t24-/m0/s1. The molecule has 0 aliphatic heterocycles. The Balaban J connectivity index is 1.83. The lowest BCUT2D eigenvalue weighted by molar-refractivity contribution is 0.194. The van der Waals surface area contributed by atoms with Crippen molar-refractivity contribution in [3.8, 4) is 0 Å². The van der Waals surface area contributed by atoms with Crippen LogP contribution in [0.1, 0.15) is 5.56 Å². The summed E-state index contributed by atoms with van der Waals surface area (Å²) in [5.41, 5.74) is 1.18. The van der Waals surface area contributed by atoms with Crippen molar-refractivity contribution in [2.75, 3.05) is 0 Å². The highest BCUT2D eigenvalue weighted by Crippen LogP contribution is 2.18. The smallest absolute Gasteiger partial charge is 0.150 e. The first kappa shape index (κ1) is 19.4. The van der Waals surface area contributed by atoms with Crippen LogP contribution < -0.4 is 15.6 Å². The minimum atomic E-state index is -2.39. The first-order valence-corrected chi connectivity index (χ1v) is 12.4. The van der Waals surface area contributed by atoms with Gasteiger partial charge in [-0.15, -0.1) is 0 Å². The molecule has 1 nitrogen and oxygen atoms in total. The molecule has 2 heteroatoms. The van der Waals surface area contributed by atoms with E-state index in [1.165, 1.54) is 21.1 Å². The fourth-order valence-electron chi connectivity index (χ4n) is 4.33. The molecule has 0 radical (unpaired) electrons. The quantitative estimate of drug-likeness (QED) is 0.374. The van der Waals surface area contributed by atoms with E-state index in [1.54, 1.807) is 0 Å². The Kier molecular flexibility index (Phi) is 6.04. The molecule has 0 saturated carbocycles. The topological polar surface area (TPSA) is 20.2 Å². The molecule has 0 saturated heterocycles. The van der Waals surface area contributed by atoms with E-state index in [-0.39, 0.29) is 0 Å². The van der Waals surface area contributed by atoms with Crippen LogP contribution >= 0.6 is 0 Å². The molecule has 1 N–H and O–H groups in total. The van der Waals surface area contributed by atoms with Gasteiger partial charge >= 0.3 is 0 Å². The Labute approximate surface area is 174 Å². The van der Waals surface area contributed by atoms with E-state index in [9.17, 15) is 5.11 Å². The van der Waals surface area contributed by atoms with Crippen LogP contribution in [0.5, 0.6) is 0 Å². The molecule has 0 fully saturated rings. The van der Waals surface area contributed by atoms with Gasteiger partial charge in [-0.2, -0.15) is 0 Å². The maximum Gasteiger partial charge on any atom is 0.150 e. The number of aliphatic hydroxyl groups excluding tert-OH is 1. The van der Waals surface area contributed by atoms with E-state index in [0.717, 1.165) is 6.04 Å². The molecule has 144 valence electrons. The first-order valence-electron chi connectivity index (χ1n) is 10.2. The lowest BCUT2D eigenvalue weighted by atomic mass is 10.1.